The molecule has 0 aliphatic carbocycles. The number of hydrogen-bond donors (Lipinski definition) is 0. The molecule has 1 saturated heterocycles. The molecule has 3 aromatic carbocycles. The van der Waals surface area contributed by atoms with Gasteiger partial charge in [-0.1, -0.05) is 35.9 Å². The molecule has 4 aromatic rings. The Hall–Kier alpha value is -3.31. The van der Waals surface area contributed by atoms with E-state index in [4.69, 9.17) is 21.3 Å². The molecule has 0 bridgehead atoms. The van der Waals surface area contributed by atoms with Crippen LogP contribution >= 0.6 is 11.6 Å². The molecule has 168 valence electrons. The number of carbonyl (C=O) groups excluding carboxylic acids is 1. The molecule has 5 rings (SSSR count). The van der Waals surface area contributed by atoms with Crippen LogP contribution in [0.4, 0.5) is 5.69 Å². The fourth-order valence-electron chi connectivity index (χ4n) is 4.50. The average molecular weight is 460 g/mol. The average Bonchev–Trinajstić information content (AvgIpc) is 3.37. The first-order valence-electron chi connectivity index (χ1n) is 11.2. The molecule has 6 heteroatoms. The summed E-state index contributed by atoms with van der Waals surface area (Å²) in [5, 5.41) is 0.660. The zero-order valence-electron chi connectivity index (χ0n) is 18.8. The second kappa shape index (κ2) is 8.91. The standard InChI is InChI=1S/C27H26ClN3O2/c1-18-7-8-19(2)25(15-18)33-14-13-30-24-6-4-3-5-23(24)29-27(30)20-16-26(32)31(17-20)22-11-9-21(28)10-12-22/h3-12,15,20H,13-14,16-17H2,1-2H3/t20-/m1/s1. The van der Waals surface area contributed by atoms with E-state index < -0.39 is 0 Å². The zero-order valence-corrected chi connectivity index (χ0v) is 19.5. The molecule has 0 spiro atoms. The summed E-state index contributed by atoms with van der Waals surface area (Å²) in [5.74, 6) is 1.96. The maximum Gasteiger partial charge on any atom is 0.227 e. The topological polar surface area (TPSA) is 47.4 Å². The summed E-state index contributed by atoms with van der Waals surface area (Å²) in [6.07, 6.45) is 0.434. The third kappa shape index (κ3) is 4.33. The number of aromatic nitrogens is 2. The molecule has 0 unspecified atom stereocenters. The number of rotatable bonds is 6. The van der Waals surface area contributed by atoms with E-state index in [-0.39, 0.29) is 11.8 Å². The number of carbonyl (C=O) groups is 1. The highest BCUT2D eigenvalue weighted by molar-refractivity contribution is 6.30. The van der Waals surface area contributed by atoms with Crippen LogP contribution in [-0.4, -0.2) is 28.6 Å². The van der Waals surface area contributed by atoms with Gasteiger partial charge in [0.2, 0.25) is 5.91 Å². The van der Waals surface area contributed by atoms with Crippen LogP contribution in [0, 0.1) is 13.8 Å². The summed E-state index contributed by atoms with van der Waals surface area (Å²) in [5.41, 5.74) is 5.17. The minimum atomic E-state index is 0.0151. The third-order valence-electron chi connectivity index (χ3n) is 6.23. The molecule has 1 amide bonds. The van der Waals surface area contributed by atoms with E-state index in [2.05, 4.69) is 42.7 Å². The van der Waals surface area contributed by atoms with Crippen LogP contribution in [0.5, 0.6) is 5.75 Å². The van der Waals surface area contributed by atoms with E-state index >= 15 is 0 Å². The molecule has 0 saturated carbocycles. The SMILES string of the molecule is Cc1ccc(C)c(OCCn2c([C@@H]3CC(=O)N(c4ccc(Cl)cc4)C3)nc3ccccc32)c1. The Labute approximate surface area is 198 Å². The Morgan fingerprint density at radius 3 is 2.67 bits per heavy atom. The minimum Gasteiger partial charge on any atom is -0.491 e. The molecule has 1 aromatic heterocycles. The number of anilines is 1. The van der Waals surface area contributed by atoms with Crippen LogP contribution in [0.15, 0.2) is 66.7 Å². The molecule has 1 aliphatic rings. The molecule has 1 aliphatic heterocycles. The van der Waals surface area contributed by atoms with Gasteiger partial charge in [0.05, 0.1) is 17.6 Å². The number of nitrogens with zero attached hydrogens (tertiary/aromatic N) is 3. The highest BCUT2D eigenvalue weighted by atomic mass is 35.5. The summed E-state index contributed by atoms with van der Waals surface area (Å²) in [6, 6.07) is 21.8. The van der Waals surface area contributed by atoms with Crippen molar-refractivity contribution in [2.75, 3.05) is 18.1 Å². The highest BCUT2D eigenvalue weighted by Crippen LogP contribution is 2.33. The number of para-hydroxylation sites is 2. The first-order valence-corrected chi connectivity index (χ1v) is 11.6. The third-order valence-corrected chi connectivity index (χ3v) is 6.48. The van der Waals surface area contributed by atoms with Crippen molar-refractivity contribution < 1.29 is 9.53 Å². The molecule has 33 heavy (non-hydrogen) atoms. The van der Waals surface area contributed by atoms with Crippen molar-refractivity contribution in [2.24, 2.45) is 0 Å². The molecular weight excluding hydrogens is 434 g/mol. The summed E-state index contributed by atoms with van der Waals surface area (Å²) < 4.78 is 8.35. The normalized spacial score (nSPS) is 16.0. The number of aryl methyl sites for hydroxylation is 2. The van der Waals surface area contributed by atoms with Crippen molar-refractivity contribution in [3.8, 4) is 5.75 Å². The second-order valence-electron chi connectivity index (χ2n) is 8.61. The van der Waals surface area contributed by atoms with Crippen molar-refractivity contribution >= 4 is 34.2 Å². The number of hydrogen-bond acceptors (Lipinski definition) is 3. The Balaban J connectivity index is 1.40. The maximum atomic E-state index is 12.9. The van der Waals surface area contributed by atoms with Crippen LogP contribution < -0.4 is 9.64 Å². The van der Waals surface area contributed by atoms with Crippen molar-refractivity contribution in [2.45, 2.75) is 32.7 Å². The van der Waals surface area contributed by atoms with Crippen molar-refractivity contribution in [3.63, 3.8) is 0 Å². The van der Waals surface area contributed by atoms with E-state index in [1.165, 1.54) is 5.56 Å². The van der Waals surface area contributed by atoms with Crippen LogP contribution in [0.1, 0.15) is 29.3 Å². The number of fused-ring (bicyclic) bond motifs is 1. The number of imidazole rings is 1. The first-order chi connectivity index (χ1) is 16.0. The monoisotopic (exact) mass is 459 g/mol. The lowest BCUT2D eigenvalue weighted by Crippen LogP contribution is -2.24. The smallest absolute Gasteiger partial charge is 0.227 e. The van der Waals surface area contributed by atoms with Gasteiger partial charge in [0, 0.05) is 29.6 Å². The van der Waals surface area contributed by atoms with Crippen LogP contribution in [0.2, 0.25) is 5.02 Å². The van der Waals surface area contributed by atoms with E-state index in [9.17, 15) is 4.79 Å². The van der Waals surface area contributed by atoms with Gasteiger partial charge in [-0.3, -0.25) is 4.79 Å². The van der Waals surface area contributed by atoms with Crippen LogP contribution in [0.3, 0.4) is 0 Å². The van der Waals surface area contributed by atoms with E-state index in [0.717, 1.165) is 33.9 Å². The predicted octanol–water partition coefficient (Wildman–Crippen LogP) is 5.91. The fourth-order valence-corrected chi connectivity index (χ4v) is 4.63. The Morgan fingerprint density at radius 1 is 1.06 bits per heavy atom. The highest BCUT2D eigenvalue weighted by Gasteiger charge is 2.34. The Morgan fingerprint density at radius 2 is 1.85 bits per heavy atom. The van der Waals surface area contributed by atoms with Gasteiger partial charge >= 0.3 is 0 Å². The van der Waals surface area contributed by atoms with E-state index in [1.807, 2.05) is 47.4 Å². The maximum absolute atomic E-state index is 12.9. The summed E-state index contributed by atoms with van der Waals surface area (Å²) in [7, 11) is 0. The van der Waals surface area contributed by atoms with Gasteiger partial charge in [0.15, 0.2) is 0 Å². The van der Waals surface area contributed by atoms with E-state index in [0.29, 0.717) is 31.1 Å². The molecule has 0 radical (unpaired) electrons. The number of halogens is 1. The van der Waals surface area contributed by atoms with Gasteiger partial charge in [-0.25, -0.2) is 4.98 Å². The lowest BCUT2D eigenvalue weighted by molar-refractivity contribution is -0.117. The zero-order chi connectivity index (χ0) is 22.9. The minimum absolute atomic E-state index is 0.0151. The molecule has 0 N–H and O–H groups in total. The number of ether oxygens (including phenoxy) is 1. The molecule has 1 fully saturated rings. The van der Waals surface area contributed by atoms with Crippen molar-refractivity contribution in [1.29, 1.82) is 0 Å². The predicted molar refractivity (Wildman–Crippen MR) is 132 cm³/mol. The summed E-state index contributed by atoms with van der Waals surface area (Å²) in [4.78, 5) is 19.6. The van der Waals surface area contributed by atoms with E-state index in [1.54, 1.807) is 0 Å². The van der Waals surface area contributed by atoms with Gasteiger partial charge in [-0.05, 0) is 67.4 Å². The van der Waals surface area contributed by atoms with Crippen LogP contribution in [-0.2, 0) is 11.3 Å². The molecule has 5 nitrogen and oxygen atoms in total. The second-order valence-corrected chi connectivity index (χ2v) is 9.05. The summed E-state index contributed by atoms with van der Waals surface area (Å²) >= 11 is 6.03. The van der Waals surface area contributed by atoms with Gasteiger partial charge in [0.25, 0.3) is 0 Å². The fraction of sp³-hybridized carbons (Fsp3) is 0.259. The number of benzene rings is 3. The lowest BCUT2D eigenvalue weighted by Gasteiger charge is -2.18. The van der Waals surface area contributed by atoms with Crippen LogP contribution in [0.25, 0.3) is 11.0 Å². The first kappa shape index (κ1) is 21.5. The Kier molecular flexibility index (Phi) is 5.81. The molecule has 2 heterocycles. The lowest BCUT2D eigenvalue weighted by atomic mass is 10.1. The van der Waals surface area contributed by atoms with Gasteiger partial charge in [-0.15, -0.1) is 0 Å². The Bertz CT molecular complexity index is 1310. The largest absolute Gasteiger partial charge is 0.491 e. The van der Waals surface area contributed by atoms with Gasteiger partial charge < -0.3 is 14.2 Å². The molecule has 1 atom stereocenters. The van der Waals surface area contributed by atoms with Gasteiger partial charge in [0.1, 0.15) is 18.2 Å². The number of amides is 1. The molecular formula is C27H26ClN3O2. The quantitative estimate of drug-likeness (QED) is 0.360. The van der Waals surface area contributed by atoms with Crippen molar-refractivity contribution in [1.82, 2.24) is 9.55 Å². The van der Waals surface area contributed by atoms with Crippen molar-refractivity contribution in [3.05, 3.63) is 88.7 Å². The summed E-state index contributed by atoms with van der Waals surface area (Å²) in [6.45, 7) is 5.91. The van der Waals surface area contributed by atoms with Gasteiger partial charge in [-0.2, -0.15) is 0 Å².